The second-order valence-electron chi connectivity index (χ2n) is 6.14. The number of amides is 2. The molecule has 1 rings (SSSR count). The first-order valence-corrected chi connectivity index (χ1v) is 8.06. The molecule has 0 spiro atoms. The van der Waals surface area contributed by atoms with Crippen LogP contribution in [0.5, 0.6) is 0 Å². The van der Waals surface area contributed by atoms with Crippen molar-refractivity contribution in [3.05, 3.63) is 22.5 Å². The molecule has 6 nitrogen and oxygen atoms in total. The number of aryl methyl sites for hydroxylation is 1. The Bertz CT molecular complexity index is 591. The molecule has 128 valence electrons. The van der Waals surface area contributed by atoms with E-state index in [9.17, 15) is 9.59 Å². The Morgan fingerprint density at radius 2 is 1.96 bits per heavy atom. The number of hydrogen-bond acceptors (Lipinski definition) is 3. The Labute approximate surface area is 142 Å². The lowest BCUT2D eigenvalue weighted by molar-refractivity contribution is -0.124. The molecule has 0 bridgehead atoms. The van der Waals surface area contributed by atoms with E-state index in [1.807, 2.05) is 20.8 Å². The van der Waals surface area contributed by atoms with Gasteiger partial charge in [-0.3, -0.25) is 14.3 Å². The second-order valence-corrected chi connectivity index (χ2v) is 6.50. The van der Waals surface area contributed by atoms with Crippen LogP contribution in [0.3, 0.4) is 0 Å². The maximum atomic E-state index is 11.8. The SMILES string of the molecule is Cc1nn(CC(C)C)c(Cl)c1/C=C/C(=O)NCC(=O)NC(C)C. The molecule has 7 heteroatoms. The second kappa shape index (κ2) is 8.72. The number of carbonyl (C=O) groups is 2. The van der Waals surface area contributed by atoms with Crippen LogP contribution in [0.25, 0.3) is 6.08 Å². The van der Waals surface area contributed by atoms with Crippen LogP contribution >= 0.6 is 11.6 Å². The van der Waals surface area contributed by atoms with Gasteiger partial charge >= 0.3 is 0 Å². The van der Waals surface area contributed by atoms with E-state index in [-0.39, 0.29) is 24.4 Å². The van der Waals surface area contributed by atoms with Crippen LogP contribution in [0, 0.1) is 12.8 Å². The Hall–Kier alpha value is -1.82. The van der Waals surface area contributed by atoms with Crippen LogP contribution in [-0.4, -0.2) is 34.2 Å². The summed E-state index contributed by atoms with van der Waals surface area (Å²) in [6, 6.07) is 0.0446. The van der Waals surface area contributed by atoms with Crippen LogP contribution in [0.2, 0.25) is 5.15 Å². The van der Waals surface area contributed by atoms with Crippen molar-refractivity contribution in [1.29, 1.82) is 0 Å². The summed E-state index contributed by atoms with van der Waals surface area (Å²) in [6.45, 7) is 10.4. The lowest BCUT2D eigenvalue weighted by Crippen LogP contribution is -2.39. The Kier molecular flexibility index (Phi) is 7.29. The average Bonchev–Trinajstić information content (AvgIpc) is 2.67. The fourth-order valence-corrected chi connectivity index (χ4v) is 2.29. The molecule has 0 aromatic carbocycles. The molecule has 0 aliphatic heterocycles. The first kappa shape index (κ1) is 19.2. The van der Waals surface area contributed by atoms with Gasteiger partial charge in [0.15, 0.2) is 0 Å². The summed E-state index contributed by atoms with van der Waals surface area (Å²) in [5.74, 6) is -0.150. The summed E-state index contributed by atoms with van der Waals surface area (Å²) in [5, 5.41) is 10.1. The van der Waals surface area contributed by atoms with Crippen molar-refractivity contribution in [2.45, 2.75) is 47.2 Å². The number of rotatable bonds is 7. The predicted molar refractivity (Wildman–Crippen MR) is 92.1 cm³/mol. The van der Waals surface area contributed by atoms with E-state index in [0.29, 0.717) is 16.6 Å². The molecule has 2 amide bonds. The molecule has 0 saturated carbocycles. The van der Waals surface area contributed by atoms with Gasteiger partial charge in [0.25, 0.3) is 0 Å². The van der Waals surface area contributed by atoms with Gasteiger partial charge in [0.1, 0.15) is 5.15 Å². The van der Waals surface area contributed by atoms with Gasteiger partial charge in [-0.1, -0.05) is 25.4 Å². The smallest absolute Gasteiger partial charge is 0.244 e. The van der Waals surface area contributed by atoms with Gasteiger partial charge in [-0.15, -0.1) is 0 Å². The van der Waals surface area contributed by atoms with E-state index in [1.165, 1.54) is 6.08 Å². The van der Waals surface area contributed by atoms with Crippen molar-refractivity contribution in [2.75, 3.05) is 6.54 Å². The molecule has 0 saturated heterocycles. The normalized spacial score (nSPS) is 11.5. The van der Waals surface area contributed by atoms with E-state index in [0.717, 1.165) is 12.2 Å². The zero-order valence-electron chi connectivity index (χ0n) is 14.3. The third-order valence-electron chi connectivity index (χ3n) is 2.92. The number of carbonyl (C=O) groups excluding carboxylic acids is 2. The maximum absolute atomic E-state index is 11.8. The molecule has 0 aliphatic carbocycles. The first-order valence-electron chi connectivity index (χ1n) is 7.68. The van der Waals surface area contributed by atoms with Crippen molar-refractivity contribution < 1.29 is 9.59 Å². The maximum Gasteiger partial charge on any atom is 0.244 e. The molecule has 1 aromatic rings. The molecular weight excluding hydrogens is 316 g/mol. The zero-order chi connectivity index (χ0) is 17.6. The molecule has 0 atom stereocenters. The number of hydrogen-bond donors (Lipinski definition) is 2. The topological polar surface area (TPSA) is 76.0 Å². The van der Waals surface area contributed by atoms with Crippen molar-refractivity contribution in [3.63, 3.8) is 0 Å². The monoisotopic (exact) mass is 340 g/mol. The first-order chi connectivity index (χ1) is 10.7. The minimum atomic E-state index is -0.351. The van der Waals surface area contributed by atoms with Crippen molar-refractivity contribution in [1.82, 2.24) is 20.4 Å². The highest BCUT2D eigenvalue weighted by atomic mass is 35.5. The van der Waals surface area contributed by atoms with Crippen LogP contribution in [0.1, 0.15) is 39.0 Å². The summed E-state index contributed by atoms with van der Waals surface area (Å²) >= 11 is 6.30. The van der Waals surface area contributed by atoms with E-state index < -0.39 is 0 Å². The average molecular weight is 341 g/mol. The van der Waals surface area contributed by atoms with Crippen molar-refractivity contribution >= 4 is 29.5 Å². The fraction of sp³-hybridized carbons (Fsp3) is 0.562. The summed E-state index contributed by atoms with van der Waals surface area (Å²) in [4.78, 5) is 23.2. The molecule has 1 aromatic heterocycles. The number of nitrogens with zero attached hydrogens (tertiary/aromatic N) is 2. The lowest BCUT2D eigenvalue weighted by Gasteiger charge is -2.08. The van der Waals surface area contributed by atoms with Crippen LogP contribution in [-0.2, 0) is 16.1 Å². The largest absolute Gasteiger partial charge is 0.352 e. The van der Waals surface area contributed by atoms with Gasteiger partial charge in [-0.25, -0.2) is 0 Å². The number of halogens is 1. The molecule has 0 aliphatic rings. The van der Waals surface area contributed by atoms with Crippen LogP contribution in [0.4, 0.5) is 0 Å². The quantitative estimate of drug-likeness (QED) is 0.747. The Morgan fingerprint density at radius 1 is 1.30 bits per heavy atom. The highest BCUT2D eigenvalue weighted by Crippen LogP contribution is 2.22. The molecule has 0 fully saturated rings. The van der Waals surface area contributed by atoms with E-state index in [1.54, 1.807) is 10.8 Å². The zero-order valence-corrected chi connectivity index (χ0v) is 15.1. The molecule has 1 heterocycles. The summed E-state index contributed by atoms with van der Waals surface area (Å²) in [6.07, 6.45) is 2.98. The van der Waals surface area contributed by atoms with Crippen molar-refractivity contribution in [3.8, 4) is 0 Å². The van der Waals surface area contributed by atoms with Gasteiger partial charge in [0.2, 0.25) is 11.8 Å². The van der Waals surface area contributed by atoms with E-state index in [2.05, 4.69) is 29.6 Å². The summed E-state index contributed by atoms with van der Waals surface area (Å²) in [7, 11) is 0. The number of nitrogens with one attached hydrogen (secondary N) is 2. The predicted octanol–water partition coefficient (Wildman–Crippen LogP) is 2.15. The number of aromatic nitrogens is 2. The molecule has 23 heavy (non-hydrogen) atoms. The van der Waals surface area contributed by atoms with Crippen LogP contribution < -0.4 is 10.6 Å². The van der Waals surface area contributed by atoms with Gasteiger partial charge in [-0.05, 0) is 32.8 Å². The molecule has 0 unspecified atom stereocenters. The van der Waals surface area contributed by atoms with Gasteiger partial charge in [-0.2, -0.15) is 5.10 Å². The third kappa shape index (κ3) is 6.44. The minimum absolute atomic E-state index is 0.0446. The van der Waals surface area contributed by atoms with E-state index >= 15 is 0 Å². The van der Waals surface area contributed by atoms with E-state index in [4.69, 9.17) is 11.6 Å². The Balaban J connectivity index is 2.65. The molecular formula is C16H25ClN4O2. The lowest BCUT2D eigenvalue weighted by atomic mass is 10.2. The fourth-order valence-electron chi connectivity index (χ4n) is 1.98. The van der Waals surface area contributed by atoms with Crippen LogP contribution in [0.15, 0.2) is 6.08 Å². The van der Waals surface area contributed by atoms with Gasteiger partial charge in [0, 0.05) is 24.2 Å². The van der Waals surface area contributed by atoms with Gasteiger partial charge in [0.05, 0.1) is 12.2 Å². The highest BCUT2D eigenvalue weighted by molar-refractivity contribution is 6.31. The van der Waals surface area contributed by atoms with Crippen molar-refractivity contribution in [2.24, 2.45) is 5.92 Å². The molecule has 0 radical (unpaired) electrons. The Morgan fingerprint density at radius 3 is 2.52 bits per heavy atom. The summed E-state index contributed by atoms with van der Waals surface area (Å²) < 4.78 is 1.73. The summed E-state index contributed by atoms with van der Waals surface area (Å²) in [5.41, 5.74) is 1.48. The minimum Gasteiger partial charge on any atom is -0.352 e. The molecule has 2 N–H and O–H groups in total. The highest BCUT2D eigenvalue weighted by Gasteiger charge is 2.12. The van der Waals surface area contributed by atoms with Gasteiger partial charge < -0.3 is 10.6 Å². The third-order valence-corrected chi connectivity index (χ3v) is 3.32. The standard InChI is InChI=1S/C16H25ClN4O2/c1-10(2)9-21-16(17)13(12(5)20-21)6-7-14(22)18-8-15(23)19-11(3)4/h6-7,10-11H,8-9H2,1-5H3,(H,18,22)(H,19,23)/b7-6+.